The van der Waals surface area contributed by atoms with Gasteiger partial charge in [-0.05, 0) is 37.3 Å². The van der Waals surface area contributed by atoms with Crippen LogP contribution >= 0.6 is 11.6 Å². The lowest BCUT2D eigenvalue weighted by Gasteiger charge is -2.22. The van der Waals surface area contributed by atoms with Gasteiger partial charge in [0.2, 0.25) is 5.67 Å². The van der Waals surface area contributed by atoms with Gasteiger partial charge in [-0.15, -0.1) is 0 Å². The molecule has 0 radical (unpaired) electrons. The van der Waals surface area contributed by atoms with Crippen LogP contribution in [0.15, 0.2) is 18.2 Å². The van der Waals surface area contributed by atoms with Gasteiger partial charge in [0.15, 0.2) is 0 Å². The fourth-order valence-corrected chi connectivity index (χ4v) is 2.36. The van der Waals surface area contributed by atoms with E-state index >= 15 is 0 Å². The zero-order chi connectivity index (χ0) is 12.6. The number of alkyl halides is 1. The molecule has 1 unspecified atom stereocenters. The molecule has 1 atom stereocenters. The Morgan fingerprint density at radius 2 is 2.18 bits per heavy atom. The molecule has 0 heterocycles. The summed E-state index contributed by atoms with van der Waals surface area (Å²) in [5.41, 5.74) is -1.05. The molecule has 1 aromatic carbocycles. The summed E-state index contributed by atoms with van der Waals surface area (Å²) in [5, 5.41) is 0.526. The number of methoxy groups -OCH3 is 1. The summed E-state index contributed by atoms with van der Waals surface area (Å²) >= 11 is 6.10. The molecule has 0 bridgehead atoms. The summed E-state index contributed by atoms with van der Waals surface area (Å²) in [6.07, 6.45) is 1.99. The molecule has 0 amide bonds. The van der Waals surface area contributed by atoms with Gasteiger partial charge in [0.1, 0.15) is 0 Å². The van der Waals surface area contributed by atoms with Crippen molar-refractivity contribution in [3.8, 4) is 0 Å². The van der Waals surface area contributed by atoms with Crippen molar-refractivity contribution in [3.63, 3.8) is 0 Å². The minimum atomic E-state index is -2.14. The second-order valence-electron chi connectivity index (χ2n) is 4.47. The molecular formula is C13H14ClFO2. The topological polar surface area (TPSA) is 26.3 Å². The van der Waals surface area contributed by atoms with Crippen molar-refractivity contribution in [3.05, 3.63) is 34.3 Å². The molecule has 1 aromatic rings. The van der Waals surface area contributed by atoms with Crippen LogP contribution in [-0.2, 0) is 15.2 Å². The van der Waals surface area contributed by atoms with E-state index in [-0.39, 0.29) is 5.92 Å². The van der Waals surface area contributed by atoms with Crippen molar-refractivity contribution in [2.45, 2.75) is 31.4 Å². The summed E-state index contributed by atoms with van der Waals surface area (Å²) in [6.45, 7) is 1.22. The number of benzene rings is 1. The summed E-state index contributed by atoms with van der Waals surface area (Å²) in [6, 6.07) is 4.99. The van der Waals surface area contributed by atoms with Crippen molar-refractivity contribution in [2.75, 3.05) is 7.11 Å². The quantitative estimate of drug-likeness (QED) is 0.773. The number of halogens is 2. The third-order valence-corrected chi connectivity index (χ3v) is 3.44. The van der Waals surface area contributed by atoms with Crippen molar-refractivity contribution < 1.29 is 13.9 Å². The predicted octanol–water partition coefficient (Wildman–Crippen LogP) is 3.58. The van der Waals surface area contributed by atoms with Gasteiger partial charge in [0, 0.05) is 10.6 Å². The number of carbonyl (C=O) groups excluding carboxylic acids is 1. The molecule has 0 spiro atoms. The molecule has 2 rings (SSSR count). The highest BCUT2D eigenvalue weighted by atomic mass is 35.5. The molecule has 2 nitrogen and oxygen atoms in total. The standard InChI is InChI=1S/C13H14ClFO2/c1-13(15,12(16)17-2)9-4-3-5-10(14)11(9)8-6-7-8/h3-5,8H,6-7H2,1-2H3. The predicted molar refractivity (Wildman–Crippen MR) is 63.9 cm³/mol. The SMILES string of the molecule is COC(=O)C(C)(F)c1cccc(Cl)c1C1CC1. The fraction of sp³-hybridized carbons (Fsp3) is 0.462. The van der Waals surface area contributed by atoms with E-state index in [9.17, 15) is 9.18 Å². The molecule has 92 valence electrons. The van der Waals surface area contributed by atoms with Gasteiger partial charge in [-0.1, -0.05) is 23.7 Å². The van der Waals surface area contributed by atoms with Crippen LogP contribution in [0.5, 0.6) is 0 Å². The minimum Gasteiger partial charge on any atom is -0.466 e. The minimum absolute atomic E-state index is 0.276. The zero-order valence-corrected chi connectivity index (χ0v) is 10.6. The van der Waals surface area contributed by atoms with Crippen LogP contribution < -0.4 is 0 Å². The van der Waals surface area contributed by atoms with Crippen molar-refractivity contribution in [2.24, 2.45) is 0 Å². The Bertz CT molecular complexity index is 453. The highest BCUT2D eigenvalue weighted by Crippen LogP contribution is 2.48. The number of ether oxygens (including phenoxy) is 1. The number of carbonyl (C=O) groups is 1. The monoisotopic (exact) mass is 256 g/mol. The lowest BCUT2D eigenvalue weighted by atomic mass is 9.90. The van der Waals surface area contributed by atoms with Crippen LogP contribution in [0.4, 0.5) is 4.39 Å². The maximum atomic E-state index is 14.5. The Morgan fingerprint density at radius 3 is 2.71 bits per heavy atom. The number of rotatable bonds is 3. The van der Waals surface area contributed by atoms with E-state index in [1.807, 2.05) is 0 Å². The molecule has 4 heteroatoms. The van der Waals surface area contributed by atoms with Crippen LogP contribution in [0, 0.1) is 0 Å². The van der Waals surface area contributed by atoms with Crippen LogP contribution in [0.2, 0.25) is 5.02 Å². The normalized spacial score (nSPS) is 18.6. The van der Waals surface area contributed by atoms with E-state index in [1.165, 1.54) is 14.0 Å². The Labute approximate surface area is 105 Å². The highest BCUT2D eigenvalue weighted by Gasteiger charge is 2.41. The fourth-order valence-electron chi connectivity index (χ4n) is 2.03. The second-order valence-corrected chi connectivity index (χ2v) is 4.88. The molecule has 0 aliphatic heterocycles. The first-order chi connectivity index (χ1) is 7.98. The first-order valence-corrected chi connectivity index (χ1v) is 5.92. The first-order valence-electron chi connectivity index (χ1n) is 5.54. The van der Waals surface area contributed by atoms with E-state index < -0.39 is 11.6 Å². The smallest absolute Gasteiger partial charge is 0.348 e. The maximum absolute atomic E-state index is 14.5. The Morgan fingerprint density at radius 1 is 1.53 bits per heavy atom. The van der Waals surface area contributed by atoms with E-state index in [0.29, 0.717) is 10.6 Å². The molecule has 1 saturated carbocycles. The van der Waals surface area contributed by atoms with Crippen molar-refractivity contribution >= 4 is 17.6 Å². The van der Waals surface area contributed by atoms with Gasteiger partial charge in [-0.2, -0.15) is 0 Å². The lowest BCUT2D eigenvalue weighted by molar-refractivity contribution is -0.154. The molecule has 1 aliphatic carbocycles. The van der Waals surface area contributed by atoms with Crippen LogP contribution in [-0.4, -0.2) is 13.1 Å². The lowest BCUT2D eigenvalue weighted by Crippen LogP contribution is -2.30. The van der Waals surface area contributed by atoms with E-state index in [0.717, 1.165) is 18.4 Å². The van der Waals surface area contributed by atoms with Crippen LogP contribution in [0.1, 0.15) is 36.8 Å². The Balaban J connectivity index is 2.51. The van der Waals surface area contributed by atoms with E-state index in [4.69, 9.17) is 11.6 Å². The Kier molecular flexibility index (Phi) is 3.13. The second kappa shape index (κ2) is 4.30. The summed E-state index contributed by atoms with van der Waals surface area (Å²) in [4.78, 5) is 11.5. The summed E-state index contributed by atoms with van der Waals surface area (Å²) < 4.78 is 19.0. The molecule has 1 fully saturated rings. The number of hydrogen-bond acceptors (Lipinski definition) is 2. The van der Waals surface area contributed by atoms with Gasteiger partial charge < -0.3 is 4.74 Å². The number of hydrogen-bond donors (Lipinski definition) is 0. The molecule has 1 aliphatic rings. The largest absolute Gasteiger partial charge is 0.466 e. The molecular weight excluding hydrogens is 243 g/mol. The average Bonchev–Trinajstić information content (AvgIpc) is 3.11. The van der Waals surface area contributed by atoms with Crippen LogP contribution in [0.25, 0.3) is 0 Å². The number of esters is 1. The molecule has 0 N–H and O–H groups in total. The van der Waals surface area contributed by atoms with Gasteiger partial charge >= 0.3 is 5.97 Å². The summed E-state index contributed by atoms with van der Waals surface area (Å²) in [5.74, 6) is -0.611. The van der Waals surface area contributed by atoms with E-state index in [1.54, 1.807) is 18.2 Å². The third-order valence-electron chi connectivity index (χ3n) is 3.11. The third kappa shape index (κ3) is 2.16. The van der Waals surface area contributed by atoms with Gasteiger partial charge in [-0.3, -0.25) is 0 Å². The molecule has 0 aromatic heterocycles. The highest BCUT2D eigenvalue weighted by molar-refractivity contribution is 6.31. The van der Waals surface area contributed by atoms with Gasteiger partial charge in [-0.25, -0.2) is 9.18 Å². The average molecular weight is 257 g/mol. The molecule has 17 heavy (non-hydrogen) atoms. The maximum Gasteiger partial charge on any atom is 0.348 e. The first kappa shape index (κ1) is 12.4. The van der Waals surface area contributed by atoms with Crippen molar-refractivity contribution in [1.29, 1.82) is 0 Å². The molecule has 0 saturated heterocycles. The van der Waals surface area contributed by atoms with Gasteiger partial charge in [0.05, 0.1) is 7.11 Å². The van der Waals surface area contributed by atoms with E-state index in [2.05, 4.69) is 4.74 Å². The Hall–Kier alpha value is -1.09. The van der Waals surface area contributed by atoms with Crippen molar-refractivity contribution in [1.82, 2.24) is 0 Å². The van der Waals surface area contributed by atoms with Gasteiger partial charge in [0.25, 0.3) is 0 Å². The van der Waals surface area contributed by atoms with Crippen LogP contribution in [0.3, 0.4) is 0 Å². The zero-order valence-electron chi connectivity index (χ0n) is 9.80. The summed E-state index contributed by atoms with van der Waals surface area (Å²) in [7, 11) is 1.18.